The molecule has 0 unspecified atom stereocenters. The van der Waals surface area contributed by atoms with Crippen LogP contribution >= 0.6 is 11.8 Å². The zero-order valence-corrected chi connectivity index (χ0v) is 15.8. The van der Waals surface area contributed by atoms with Gasteiger partial charge in [0.25, 0.3) is 0 Å². The second-order valence-electron chi connectivity index (χ2n) is 6.10. The minimum absolute atomic E-state index is 0.210. The molecule has 1 aliphatic rings. The normalized spacial score (nSPS) is 12.1. The maximum Gasteiger partial charge on any atom is 0.339 e. The van der Waals surface area contributed by atoms with Crippen LogP contribution in [0.5, 0.6) is 0 Å². The molecule has 1 aromatic carbocycles. The highest BCUT2D eigenvalue weighted by Gasteiger charge is 2.17. The molecule has 6 nitrogen and oxygen atoms in total. The van der Waals surface area contributed by atoms with Crippen LogP contribution in [-0.4, -0.2) is 29.7 Å². The topological polar surface area (TPSA) is 92.1 Å². The fraction of sp³-hybridized carbons (Fsp3) is 0.300. The number of aromatic nitrogens is 1. The van der Waals surface area contributed by atoms with Crippen molar-refractivity contribution in [2.24, 2.45) is 0 Å². The molecule has 1 aromatic heterocycles. The van der Waals surface area contributed by atoms with Crippen LogP contribution in [0.15, 0.2) is 35.4 Å². The summed E-state index contributed by atoms with van der Waals surface area (Å²) in [5, 5.41) is 12.8. The van der Waals surface area contributed by atoms with Crippen LogP contribution in [0.2, 0.25) is 0 Å². The number of nitrogens with one attached hydrogen (secondary N) is 1. The van der Waals surface area contributed by atoms with Crippen LogP contribution in [0.3, 0.4) is 0 Å². The Morgan fingerprint density at radius 1 is 1.33 bits per heavy atom. The Labute approximate surface area is 161 Å². The number of hydrogen-bond acceptors (Lipinski definition) is 6. The monoisotopic (exact) mass is 381 g/mol. The van der Waals surface area contributed by atoms with Gasteiger partial charge in [-0.05, 0) is 43.0 Å². The van der Waals surface area contributed by atoms with Gasteiger partial charge >= 0.3 is 5.97 Å². The standard InChI is InChI=1S/C20H19N3O3S/c1-26-20(25)15-6-2-3-7-17(15)22-18(24)9-10-27-19-14(12-21)11-13-5-4-8-16(13)23-19/h2-3,6-7,11H,4-5,8-10H2,1H3,(H,22,24). The van der Waals surface area contributed by atoms with Crippen molar-refractivity contribution in [2.45, 2.75) is 30.7 Å². The number of esters is 1. The van der Waals surface area contributed by atoms with E-state index in [1.807, 2.05) is 6.07 Å². The number of nitrogens with zero attached hydrogens (tertiary/aromatic N) is 2. The first-order valence-corrected chi connectivity index (χ1v) is 9.64. The van der Waals surface area contributed by atoms with E-state index in [1.165, 1.54) is 18.9 Å². The summed E-state index contributed by atoms with van der Waals surface area (Å²) < 4.78 is 4.73. The molecule has 2 aromatic rings. The van der Waals surface area contributed by atoms with E-state index >= 15 is 0 Å². The molecule has 1 heterocycles. The number of rotatable bonds is 6. The van der Waals surface area contributed by atoms with E-state index in [-0.39, 0.29) is 12.3 Å². The van der Waals surface area contributed by atoms with Crippen molar-refractivity contribution in [2.75, 3.05) is 18.2 Å². The average Bonchev–Trinajstić information content (AvgIpc) is 3.14. The van der Waals surface area contributed by atoms with Crippen molar-refractivity contribution in [3.8, 4) is 6.07 Å². The summed E-state index contributed by atoms with van der Waals surface area (Å²) >= 11 is 1.41. The van der Waals surface area contributed by atoms with Crippen molar-refractivity contribution < 1.29 is 14.3 Å². The molecule has 138 valence electrons. The van der Waals surface area contributed by atoms with Crippen LogP contribution in [0.1, 0.15) is 40.0 Å². The Morgan fingerprint density at radius 2 is 2.15 bits per heavy atom. The summed E-state index contributed by atoms with van der Waals surface area (Å²) in [4.78, 5) is 28.6. The van der Waals surface area contributed by atoms with E-state index in [4.69, 9.17) is 4.74 Å². The van der Waals surface area contributed by atoms with E-state index in [2.05, 4.69) is 16.4 Å². The first kappa shape index (κ1) is 18.9. The molecule has 0 fully saturated rings. The molecule has 0 saturated carbocycles. The van der Waals surface area contributed by atoms with Gasteiger partial charge in [-0.15, -0.1) is 11.8 Å². The number of methoxy groups -OCH3 is 1. The van der Waals surface area contributed by atoms with Crippen molar-refractivity contribution in [1.29, 1.82) is 5.26 Å². The highest BCUT2D eigenvalue weighted by molar-refractivity contribution is 7.99. The highest BCUT2D eigenvalue weighted by atomic mass is 32.2. The Bertz CT molecular complexity index is 921. The maximum absolute atomic E-state index is 12.2. The van der Waals surface area contributed by atoms with Gasteiger partial charge in [-0.1, -0.05) is 12.1 Å². The molecule has 0 radical (unpaired) electrons. The number of para-hydroxylation sites is 1. The van der Waals surface area contributed by atoms with E-state index in [9.17, 15) is 14.9 Å². The van der Waals surface area contributed by atoms with Gasteiger partial charge in [0.15, 0.2) is 0 Å². The fourth-order valence-electron chi connectivity index (χ4n) is 2.98. The zero-order valence-electron chi connectivity index (χ0n) is 14.9. The van der Waals surface area contributed by atoms with Crippen molar-refractivity contribution in [1.82, 2.24) is 4.98 Å². The molecule has 3 rings (SSSR count). The van der Waals surface area contributed by atoms with Gasteiger partial charge in [-0.25, -0.2) is 9.78 Å². The summed E-state index contributed by atoms with van der Waals surface area (Å²) in [7, 11) is 1.30. The third-order valence-electron chi connectivity index (χ3n) is 4.31. The number of aryl methyl sites for hydroxylation is 2. The molecule has 1 aliphatic carbocycles. The molecular formula is C20H19N3O3S. The van der Waals surface area contributed by atoms with Gasteiger partial charge in [0, 0.05) is 17.9 Å². The van der Waals surface area contributed by atoms with Crippen LogP contribution < -0.4 is 5.32 Å². The van der Waals surface area contributed by atoms with Gasteiger partial charge in [0.2, 0.25) is 5.91 Å². The van der Waals surface area contributed by atoms with E-state index in [0.717, 1.165) is 30.5 Å². The average molecular weight is 381 g/mol. The molecular weight excluding hydrogens is 362 g/mol. The number of fused-ring (bicyclic) bond motifs is 1. The fourth-order valence-corrected chi connectivity index (χ4v) is 3.89. The lowest BCUT2D eigenvalue weighted by Gasteiger charge is -2.10. The maximum atomic E-state index is 12.2. The summed E-state index contributed by atoms with van der Waals surface area (Å²) in [6.07, 6.45) is 3.23. The molecule has 0 aliphatic heterocycles. The quantitative estimate of drug-likeness (QED) is 0.609. The molecule has 7 heteroatoms. The highest BCUT2D eigenvalue weighted by Crippen LogP contribution is 2.28. The van der Waals surface area contributed by atoms with Crippen LogP contribution in [0.25, 0.3) is 0 Å². The molecule has 0 saturated heterocycles. The van der Waals surface area contributed by atoms with Gasteiger partial charge in [-0.2, -0.15) is 5.26 Å². The summed E-state index contributed by atoms with van der Waals surface area (Å²) in [5.74, 6) is -0.216. The molecule has 0 atom stereocenters. The Morgan fingerprint density at radius 3 is 2.93 bits per heavy atom. The predicted octanol–water partition coefficient (Wildman–Crippen LogP) is 3.35. The second-order valence-corrected chi connectivity index (χ2v) is 7.18. The third-order valence-corrected chi connectivity index (χ3v) is 5.30. The third kappa shape index (κ3) is 4.47. The Balaban J connectivity index is 1.60. The number of amides is 1. The van der Waals surface area contributed by atoms with Crippen LogP contribution in [0.4, 0.5) is 5.69 Å². The van der Waals surface area contributed by atoms with Crippen LogP contribution in [-0.2, 0) is 22.4 Å². The number of ether oxygens (including phenoxy) is 1. The second kappa shape index (κ2) is 8.69. The SMILES string of the molecule is COC(=O)c1ccccc1NC(=O)CCSc1nc2c(cc1C#N)CCC2. The van der Waals surface area contributed by atoms with E-state index in [0.29, 0.717) is 27.6 Å². The summed E-state index contributed by atoms with van der Waals surface area (Å²) in [6.45, 7) is 0. The number of hydrogen-bond donors (Lipinski definition) is 1. The van der Waals surface area contributed by atoms with Crippen LogP contribution in [0, 0.1) is 11.3 Å². The lowest BCUT2D eigenvalue weighted by atomic mass is 10.2. The minimum Gasteiger partial charge on any atom is -0.465 e. The zero-order chi connectivity index (χ0) is 19.2. The Kier molecular flexibility index (Phi) is 6.09. The predicted molar refractivity (Wildman–Crippen MR) is 103 cm³/mol. The van der Waals surface area contributed by atoms with Gasteiger partial charge < -0.3 is 10.1 Å². The molecule has 1 amide bonds. The number of thioether (sulfide) groups is 1. The number of benzene rings is 1. The minimum atomic E-state index is -0.499. The number of nitriles is 1. The molecule has 1 N–H and O–H groups in total. The van der Waals surface area contributed by atoms with Crippen molar-refractivity contribution in [3.63, 3.8) is 0 Å². The summed E-state index contributed by atoms with van der Waals surface area (Å²) in [6, 6.07) is 10.8. The molecule has 0 bridgehead atoms. The van der Waals surface area contributed by atoms with E-state index < -0.39 is 5.97 Å². The lowest BCUT2D eigenvalue weighted by Crippen LogP contribution is -2.15. The number of anilines is 1. The molecule has 0 spiro atoms. The van der Waals surface area contributed by atoms with E-state index in [1.54, 1.807) is 24.3 Å². The smallest absolute Gasteiger partial charge is 0.339 e. The lowest BCUT2D eigenvalue weighted by molar-refractivity contribution is -0.115. The first-order valence-electron chi connectivity index (χ1n) is 8.65. The largest absolute Gasteiger partial charge is 0.465 e. The summed E-state index contributed by atoms with van der Waals surface area (Å²) in [5.41, 5.74) is 3.53. The van der Waals surface area contributed by atoms with Crippen molar-refractivity contribution in [3.05, 3.63) is 52.7 Å². The number of carbonyl (C=O) groups excluding carboxylic acids is 2. The van der Waals surface area contributed by atoms with Crippen molar-refractivity contribution >= 4 is 29.3 Å². The number of pyridine rings is 1. The first-order chi connectivity index (χ1) is 13.1. The van der Waals surface area contributed by atoms with Gasteiger partial charge in [-0.3, -0.25) is 4.79 Å². The Hall–Kier alpha value is -2.85. The molecule has 27 heavy (non-hydrogen) atoms. The van der Waals surface area contributed by atoms with Gasteiger partial charge in [0.05, 0.1) is 23.9 Å². The number of carbonyl (C=O) groups is 2. The van der Waals surface area contributed by atoms with Gasteiger partial charge in [0.1, 0.15) is 11.1 Å².